The quantitative estimate of drug-likeness (QED) is 0.937. The van der Waals surface area contributed by atoms with E-state index in [1.165, 1.54) is 10.4 Å². The van der Waals surface area contributed by atoms with Gasteiger partial charge in [-0.25, -0.2) is 4.98 Å². The first-order valence-corrected chi connectivity index (χ1v) is 7.94. The fraction of sp³-hybridized carbons (Fsp3) is 0.438. The number of aromatic nitrogens is 1. The van der Waals surface area contributed by atoms with Crippen molar-refractivity contribution in [2.75, 3.05) is 6.61 Å². The minimum Gasteiger partial charge on any atom is -0.493 e. The number of benzene rings is 1. The summed E-state index contributed by atoms with van der Waals surface area (Å²) in [6, 6.07) is 6.10. The highest BCUT2D eigenvalue weighted by Crippen LogP contribution is 2.32. The number of aliphatic hydroxyl groups is 1. The molecular weight excluding hydrogens is 270 g/mol. The van der Waals surface area contributed by atoms with Crippen LogP contribution in [0.1, 0.15) is 40.6 Å². The second-order valence-electron chi connectivity index (χ2n) is 5.23. The Labute approximate surface area is 123 Å². The molecule has 1 aliphatic carbocycles. The van der Waals surface area contributed by atoms with Crippen molar-refractivity contribution in [1.82, 2.24) is 4.98 Å². The summed E-state index contributed by atoms with van der Waals surface area (Å²) in [7, 11) is 0. The van der Waals surface area contributed by atoms with Gasteiger partial charge in [-0.3, -0.25) is 0 Å². The third-order valence-corrected chi connectivity index (χ3v) is 4.84. The molecule has 3 rings (SSSR count). The van der Waals surface area contributed by atoms with Crippen LogP contribution in [-0.2, 0) is 12.8 Å². The SMILES string of the molecule is Cc1ncsc1CCOc1ccc2c(c1)[C@H](O)CCC2. The monoisotopic (exact) mass is 289 g/mol. The predicted octanol–water partition coefficient (Wildman–Crippen LogP) is 3.44. The number of ether oxygens (including phenoxy) is 1. The van der Waals surface area contributed by atoms with Crippen LogP contribution in [0.15, 0.2) is 23.7 Å². The molecule has 1 atom stereocenters. The van der Waals surface area contributed by atoms with Crippen molar-refractivity contribution in [3.8, 4) is 5.75 Å². The summed E-state index contributed by atoms with van der Waals surface area (Å²) >= 11 is 1.68. The maximum absolute atomic E-state index is 10.0. The molecule has 1 aromatic carbocycles. The molecule has 0 spiro atoms. The minimum absolute atomic E-state index is 0.328. The van der Waals surface area contributed by atoms with Gasteiger partial charge in [-0.2, -0.15) is 0 Å². The summed E-state index contributed by atoms with van der Waals surface area (Å²) in [4.78, 5) is 5.52. The van der Waals surface area contributed by atoms with E-state index in [1.54, 1.807) is 11.3 Å². The number of thiazole rings is 1. The van der Waals surface area contributed by atoms with Crippen LogP contribution in [0, 0.1) is 6.92 Å². The predicted molar refractivity (Wildman–Crippen MR) is 80.4 cm³/mol. The molecule has 0 unspecified atom stereocenters. The van der Waals surface area contributed by atoms with Crippen LogP contribution in [0.3, 0.4) is 0 Å². The second-order valence-corrected chi connectivity index (χ2v) is 6.17. The molecule has 0 saturated carbocycles. The molecule has 3 nitrogen and oxygen atoms in total. The molecule has 0 aliphatic heterocycles. The Balaban J connectivity index is 1.63. The molecule has 0 fully saturated rings. The van der Waals surface area contributed by atoms with E-state index in [4.69, 9.17) is 4.74 Å². The second kappa shape index (κ2) is 5.94. The van der Waals surface area contributed by atoms with Crippen LogP contribution in [0.5, 0.6) is 5.75 Å². The van der Waals surface area contributed by atoms with Crippen LogP contribution in [0.4, 0.5) is 0 Å². The first-order valence-electron chi connectivity index (χ1n) is 7.06. The largest absolute Gasteiger partial charge is 0.493 e. The van der Waals surface area contributed by atoms with Gasteiger partial charge < -0.3 is 9.84 Å². The number of aliphatic hydroxyl groups excluding tert-OH is 1. The molecule has 1 N–H and O–H groups in total. The lowest BCUT2D eigenvalue weighted by Gasteiger charge is -2.22. The lowest BCUT2D eigenvalue weighted by Crippen LogP contribution is -2.10. The van der Waals surface area contributed by atoms with E-state index in [0.717, 1.165) is 42.7 Å². The van der Waals surface area contributed by atoms with Crippen molar-refractivity contribution in [2.24, 2.45) is 0 Å². The van der Waals surface area contributed by atoms with E-state index < -0.39 is 0 Å². The number of aryl methyl sites for hydroxylation is 2. The first-order chi connectivity index (χ1) is 9.74. The van der Waals surface area contributed by atoms with Crippen molar-refractivity contribution in [2.45, 2.75) is 38.7 Å². The van der Waals surface area contributed by atoms with Crippen LogP contribution in [0.2, 0.25) is 0 Å². The highest BCUT2D eigenvalue weighted by Gasteiger charge is 2.18. The normalized spacial score (nSPS) is 17.8. The number of hydrogen-bond donors (Lipinski definition) is 1. The summed E-state index contributed by atoms with van der Waals surface area (Å²) in [5, 5.41) is 10.0. The van der Waals surface area contributed by atoms with E-state index in [1.807, 2.05) is 24.6 Å². The number of fused-ring (bicyclic) bond motifs is 1. The fourth-order valence-electron chi connectivity index (χ4n) is 2.67. The average molecular weight is 289 g/mol. The molecule has 0 radical (unpaired) electrons. The van der Waals surface area contributed by atoms with Crippen LogP contribution in [-0.4, -0.2) is 16.7 Å². The standard InChI is InChI=1S/C16H19NO2S/c1-11-16(20-10-17-11)7-8-19-13-6-5-12-3-2-4-15(18)14(12)9-13/h5-6,9-10,15,18H,2-4,7-8H2,1H3/t15-/m1/s1. The average Bonchev–Trinajstić information content (AvgIpc) is 2.85. The van der Waals surface area contributed by atoms with Gasteiger partial charge in [0.25, 0.3) is 0 Å². The van der Waals surface area contributed by atoms with E-state index in [2.05, 4.69) is 11.1 Å². The zero-order valence-electron chi connectivity index (χ0n) is 11.6. The van der Waals surface area contributed by atoms with Gasteiger partial charge in [-0.15, -0.1) is 11.3 Å². The third-order valence-electron chi connectivity index (χ3n) is 3.84. The Morgan fingerprint density at radius 2 is 2.35 bits per heavy atom. The first kappa shape index (κ1) is 13.6. The van der Waals surface area contributed by atoms with Gasteiger partial charge in [0.2, 0.25) is 0 Å². The molecule has 0 amide bonds. The highest BCUT2D eigenvalue weighted by atomic mass is 32.1. The zero-order valence-corrected chi connectivity index (χ0v) is 12.4. The Morgan fingerprint density at radius 1 is 1.45 bits per heavy atom. The van der Waals surface area contributed by atoms with Crippen molar-refractivity contribution < 1.29 is 9.84 Å². The summed E-state index contributed by atoms with van der Waals surface area (Å²) in [5.74, 6) is 0.854. The Kier molecular flexibility index (Phi) is 4.03. The van der Waals surface area contributed by atoms with Crippen LogP contribution >= 0.6 is 11.3 Å². The van der Waals surface area contributed by atoms with Crippen LogP contribution < -0.4 is 4.74 Å². The Bertz CT molecular complexity index is 594. The van der Waals surface area contributed by atoms with Gasteiger partial charge in [0, 0.05) is 11.3 Å². The minimum atomic E-state index is -0.328. The van der Waals surface area contributed by atoms with E-state index in [-0.39, 0.29) is 6.10 Å². The molecule has 1 aromatic heterocycles. The summed E-state index contributed by atoms with van der Waals surface area (Å²) in [6.45, 7) is 2.68. The lowest BCUT2D eigenvalue weighted by molar-refractivity contribution is 0.156. The van der Waals surface area contributed by atoms with E-state index >= 15 is 0 Å². The van der Waals surface area contributed by atoms with Crippen molar-refractivity contribution in [1.29, 1.82) is 0 Å². The molecule has 20 heavy (non-hydrogen) atoms. The molecule has 2 aromatic rings. The van der Waals surface area contributed by atoms with Gasteiger partial charge in [0.05, 0.1) is 23.9 Å². The van der Waals surface area contributed by atoms with Gasteiger partial charge in [-0.05, 0) is 49.4 Å². The zero-order chi connectivity index (χ0) is 13.9. The highest BCUT2D eigenvalue weighted by molar-refractivity contribution is 7.09. The van der Waals surface area contributed by atoms with E-state index in [0.29, 0.717) is 6.61 Å². The summed E-state index contributed by atoms with van der Waals surface area (Å²) < 4.78 is 5.82. The fourth-order valence-corrected chi connectivity index (χ4v) is 3.43. The molecule has 1 heterocycles. The van der Waals surface area contributed by atoms with Crippen molar-refractivity contribution >= 4 is 11.3 Å². The molecular formula is C16H19NO2S. The smallest absolute Gasteiger partial charge is 0.119 e. The molecule has 0 bridgehead atoms. The van der Waals surface area contributed by atoms with E-state index in [9.17, 15) is 5.11 Å². The summed E-state index contributed by atoms with van der Waals surface area (Å²) in [5.41, 5.74) is 5.27. The number of hydrogen-bond acceptors (Lipinski definition) is 4. The van der Waals surface area contributed by atoms with Crippen molar-refractivity contribution in [3.05, 3.63) is 45.4 Å². The summed E-state index contributed by atoms with van der Waals surface area (Å²) in [6.07, 6.45) is 3.55. The third kappa shape index (κ3) is 2.86. The van der Waals surface area contributed by atoms with Gasteiger partial charge in [0.15, 0.2) is 0 Å². The number of nitrogens with zero attached hydrogens (tertiary/aromatic N) is 1. The Hall–Kier alpha value is -1.39. The van der Waals surface area contributed by atoms with Gasteiger partial charge in [-0.1, -0.05) is 6.07 Å². The van der Waals surface area contributed by atoms with Gasteiger partial charge >= 0.3 is 0 Å². The van der Waals surface area contributed by atoms with Crippen molar-refractivity contribution in [3.63, 3.8) is 0 Å². The molecule has 0 saturated heterocycles. The maximum atomic E-state index is 10.0. The number of rotatable bonds is 4. The maximum Gasteiger partial charge on any atom is 0.119 e. The van der Waals surface area contributed by atoms with Gasteiger partial charge in [0.1, 0.15) is 5.75 Å². The topological polar surface area (TPSA) is 42.4 Å². The van der Waals surface area contributed by atoms with Crippen LogP contribution in [0.25, 0.3) is 0 Å². The molecule has 4 heteroatoms. The molecule has 106 valence electrons. The lowest BCUT2D eigenvalue weighted by atomic mass is 9.89. The molecule has 1 aliphatic rings. The Morgan fingerprint density at radius 3 is 3.15 bits per heavy atom.